The fourth-order valence-electron chi connectivity index (χ4n) is 2.41. The lowest BCUT2D eigenvalue weighted by Crippen LogP contribution is -2.07. The predicted octanol–water partition coefficient (Wildman–Crippen LogP) is 2.01. The second-order valence-corrected chi connectivity index (χ2v) is 7.22. The van der Waals surface area contributed by atoms with E-state index in [1.807, 2.05) is 0 Å². The first-order chi connectivity index (χ1) is 10.4. The van der Waals surface area contributed by atoms with Crippen LogP contribution < -0.4 is 4.74 Å². The van der Waals surface area contributed by atoms with E-state index in [-0.39, 0.29) is 0 Å². The molecule has 0 amide bonds. The van der Waals surface area contributed by atoms with Gasteiger partial charge in [0.1, 0.15) is 5.75 Å². The van der Waals surface area contributed by atoms with Gasteiger partial charge in [-0.25, -0.2) is 9.78 Å². The summed E-state index contributed by atoms with van der Waals surface area (Å²) in [7, 11) is -2.99. The maximum absolute atomic E-state index is 11.9. The van der Waals surface area contributed by atoms with E-state index in [2.05, 4.69) is 4.98 Å². The molecule has 1 aromatic heterocycles. The van der Waals surface area contributed by atoms with Crippen molar-refractivity contribution in [2.24, 2.45) is 0 Å². The molecule has 0 aliphatic heterocycles. The third-order valence-electron chi connectivity index (χ3n) is 3.28. The minimum Gasteiger partial charge on any atom is -0.480 e. The van der Waals surface area contributed by atoms with Crippen LogP contribution in [0.1, 0.15) is 20.8 Å². The molecule has 2 aromatic rings. The number of hydrogen-bond donors (Lipinski definition) is 2. The van der Waals surface area contributed by atoms with Gasteiger partial charge in [0.15, 0.2) is 6.35 Å². The lowest BCUT2D eigenvalue weighted by atomic mass is 10.0. The fourth-order valence-corrected chi connectivity index (χ4v) is 3.49. The molecule has 116 valence electrons. The van der Waals surface area contributed by atoms with E-state index >= 15 is 0 Å². The molecule has 1 heterocycles. The van der Waals surface area contributed by atoms with Crippen LogP contribution in [-0.4, -0.2) is 34.2 Å². The van der Waals surface area contributed by atoms with Gasteiger partial charge in [0.05, 0.1) is 23.9 Å². The zero-order valence-electron chi connectivity index (χ0n) is 11.5. The third kappa shape index (κ3) is 2.66. The molecule has 0 saturated carbocycles. The summed E-state index contributed by atoms with van der Waals surface area (Å²) in [5.41, 5.74) is 4.10. The van der Waals surface area contributed by atoms with Crippen molar-refractivity contribution < 1.29 is 28.6 Å². The van der Waals surface area contributed by atoms with E-state index in [0.29, 0.717) is 34.6 Å². The molecule has 0 radical (unpaired) electrons. The van der Waals surface area contributed by atoms with Crippen LogP contribution in [0.5, 0.6) is 5.75 Å². The van der Waals surface area contributed by atoms with Crippen LogP contribution in [0.15, 0.2) is 17.6 Å². The molecule has 7 nitrogen and oxygen atoms in total. The Hall–Kier alpha value is -1.73. The number of rotatable bonds is 4. The number of nitrogens with zero attached hydrogens (tertiary/aromatic N) is 1. The molecule has 1 aromatic carbocycles. The van der Waals surface area contributed by atoms with Crippen LogP contribution in [0.25, 0.3) is 11.3 Å². The topological polar surface area (TPSA) is 106 Å². The first-order valence-electron chi connectivity index (χ1n) is 6.25. The van der Waals surface area contributed by atoms with Crippen LogP contribution in [0.2, 0.25) is 0 Å². The maximum atomic E-state index is 11.9. The van der Waals surface area contributed by atoms with E-state index in [1.54, 1.807) is 5.51 Å². The summed E-state index contributed by atoms with van der Waals surface area (Å²) in [6.07, 6.45) is -0.205. The molecule has 1 aliphatic carbocycles. The smallest absolute Gasteiger partial charge is 0.362 e. The predicted molar refractivity (Wildman–Crippen MR) is 79.2 cm³/mol. The summed E-state index contributed by atoms with van der Waals surface area (Å²) in [4.78, 5) is 35.0. The highest BCUT2D eigenvalue weighted by Crippen LogP contribution is 2.46. The van der Waals surface area contributed by atoms with E-state index in [1.165, 1.54) is 30.6 Å². The first kappa shape index (κ1) is 15.2. The quantitative estimate of drug-likeness (QED) is 0.552. The molecule has 0 spiro atoms. The van der Waals surface area contributed by atoms with Gasteiger partial charge in [-0.3, -0.25) is 4.57 Å². The monoisotopic (exact) mass is 341 g/mol. The summed E-state index contributed by atoms with van der Waals surface area (Å²) >= 11 is 1.46. The van der Waals surface area contributed by atoms with Gasteiger partial charge in [-0.05, 0) is 17.7 Å². The van der Waals surface area contributed by atoms with Crippen LogP contribution in [0, 0.1) is 0 Å². The number of carbonyl (C=O) groups is 1. The van der Waals surface area contributed by atoms with Gasteiger partial charge in [0.25, 0.3) is 0 Å². The molecule has 0 unspecified atom stereocenters. The Morgan fingerprint density at radius 2 is 2.23 bits per heavy atom. The Kier molecular flexibility index (Phi) is 3.78. The molecule has 0 fully saturated rings. The SMILES string of the molecule is COC(=O)c1ccc(OCP(=O)(O)O)c2c1Cc1scnc1-2. The Bertz CT molecular complexity index is 796. The molecular formula is C13H12NO6PS. The maximum Gasteiger partial charge on any atom is 0.362 e. The Morgan fingerprint density at radius 1 is 1.45 bits per heavy atom. The third-order valence-corrected chi connectivity index (χ3v) is 4.58. The highest BCUT2D eigenvalue weighted by atomic mass is 32.1. The van der Waals surface area contributed by atoms with Crippen molar-refractivity contribution in [1.82, 2.24) is 4.98 Å². The normalized spacial score (nSPS) is 12.7. The minimum absolute atomic E-state index is 0.302. The zero-order chi connectivity index (χ0) is 15.9. The van der Waals surface area contributed by atoms with E-state index in [0.717, 1.165) is 4.88 Å². The zero-order valence-corrected chi connectivity index (χ0v) is 13.2. The lowest BCUT2D eigenvalue weighted by Gasteiger charge is -2.13. The number of esters is 1. The van der Waals surface area contributed by atoms with Crippen molar-refractivity contribution >= 4 is 24.9 Å². The number of thiazole rings is 1. The Morgan fingerprint density at radius 3 is 2.91 bits per heavy atom. The average molecular weight is 341 g/mol. The van der Waals surface area contributed by atoms with Crippen molar-refractivity contribution in [2.45, 2.75) is 6.42 Å². The second-order valence-electron chi connectivity index (χ2n) is 4.70. The summed E-state index contributed by atoms with van der Waals surface area (Å²) in [5, 5.41) is 0. The molecule has 0 bridgehead atoms. The molecule has 0 atom stereocenters. The minimum atomic E-state index is -4.29. The number of hydrogen-bond acceptors (Lipinski definition) is 6. The largest absolute Gasteiger partial charge is 0.480 e. The van der Waals surface area contributed by atoms with Crippen molar-refractivity contribution in [3.8, 4) is 17.0 Å². The number of carbonyl (C=O) groups excluding carboxylic acids is 1. The van der Waals surface area contributed by atoms with Crippen LogP contribution in [0.3, 0.4) is 0 Å². The summed E-state index contributed by atoms with van der Waals surface area (Å²) in [6, 6.07) is 3.05. The van der Waals surface area contributed by atoms with Crippen molar-refractivity contribution in [3.05, 3.63) is 33.6 Å². The van der Waals surface area contributed by atoms with Gasteiger partial charge in [0.2, 0.25) is 0 Å². The van der Waals surface area contributed by atoms with Crippen molar-refractivity contribution in [2.75, 3.05) is 13.5 Å². The number of ether oxygens (including phenoxy) is 2. The fraction of sp³-hybridized carbons (Fsp3) is 0.231. The van der Waals surface area contributed by atoms with E-state index < -0.39 is 19.9 Å². The van der Waals surface area contributed by atoms with Gasteiger partial charge in [-0.2, -0.15) is 0 Å². The lowest BCUT2D eigenvalue weighted by molar-refractivity contribution is 0.0599. The highest BCUT2D eigenvalue weighted by Gasteiger charge is 2.30. The number of benzene rings is 1. The Labute approximate surface area is 129 Å². The van der Waals surface area contributed by atoms with Crippen LogP contribution in [0.4, 0.5) is 0 Å². The van der Waals surface area contributed by atoms with Crippen molar-refractivity contribution in [3.63, 3.8) is 0 Å². The standard InChI is InChI=1S/C13H12NO6PS/c1-19-13(15)7-2-3-9(20-6-21(16,17)18)11-8(7)4-10-12(11)14-5-22-10/h2-3,5H,4,6H2,1H3,(H2,16,17,18). The summed E-state index contributed by atoms with van der Waals surface area (Å²) in [6.45, 7) is 0. The van der Waals surface area contributed by atoms with E-state index in [4.69, 9.17) is 19.3 Å². The number of fused-ring (bicyclic) bond motifs is 3. The van der Waals surface area contributed by atoms with Crippen LogP contribution >= 0.6 is 18.9 Å². The van der Waals surface area contributed by atoms with Crippen molar-refractivity contribution in [1.29, 1.82) is 0 Å². The molecular weight excluding hydrogens is 329 g/mol. The van der Waals surface area contributed by atoms with Gasteiger partial charge < -0.3 is 19.3 Å². The van der Waals surface area contributed by atoms with Gasteiger partial charge in [-0.15, -0.1) is 11.3 Å². The molecule has 3 rings (SSSR count). The van der Waals surface area contributed by atoms with Gasteiger partial charge in [-0.1, -0.05) is 0 Å². The summed E-state index contributed by atoms with van der Waals surface area (Å²) in [5.74, 6) is -0.163. The average Bonchev–Trinajstić information content (AvgIpc) is 3.03. The molecule has 1 aliphatic rings. The summed E-state index contributed by atoms with van der Waals surface area (Å²) < 4.78 is 21.0. The van der Waals surface area contributed by atoms with Gasteiger partial charge >= 0.3 is 13.6 Å². The number of methoxy groups -OCH3 is 1. The molecule has 0 saturated heterocycles. The molecule has 9 heteroatoms. The van der Waals surface area contributed by atoms with Gasteiger partial charge in [0, 0.05) is 16.9 Å². The van der Waals surface area contributed by atoms with Crippen LogP contribution in [-0.2, 0) is 15.7 Å². The molecule has 2 N–H and O–H groups in total. The number of aromatic nitrogens is 1. The Balaban J connectivity index is 2.09. The molecule has 22 heavy (non-hydrogen) atoms. The highest BCUT2D eigenvalue weighted by molar-refractivity contribution is 7.51. The second kappa shape index (κ2) is 5.48. The van der Waals surface area contributed by atoms with E-state index in [9.17, 15) is 9.36 Å². The first-order valence-corrected chi connectivity index (χ1v) is 8.92.